The Hall–Kier alpha value is -2.30. The van der Waals surface area contributed by atoms with Crippen LogP contribution in [0.15, 0.2) is 28.9 Å². The van der Waals surface area contributed by atoms with Crippen LogP contribution in [-0.4, -0.2) is 25.0 Å². The number of nitrogens with zero attached hydrogens (tertiary/aromatic N) is 1. The van der Waals surface area contributed by atoms with Gasteiger partial charge in [0.15, 0.2) is 5.89 Å². The molecule has 5 heteroatoms. The molecule has 0 aliphatic rings. The van der Waals surface area contributed by atoms with Gasteiger partial charge in [0.05, 0.1) is 19.8 Å². The van der Waals surface area contributed by atoms with Gasteiger partial charge >= 0.3 is 0 Å². The predicted molar refractivity (Wildman–Crippen MR) is 64.2 cm³/mol. The largest absolute Gasteiger partial charge is 0.497 e. The van der Waals surface area contributed by atoms with Gasteiger partial charge in [0, 0.05) is 6.92 Å². The number of benzene rings is 1. The Morgan fingerprint density at radius 3 is 2.61 bits per heavy atom. The number of methoxy groups -OCH3 is 2. The van der Waals surface area contributed by atoms with Gasteiger partial charge in [-0.3, -0.25) is 4.79 Å². The number of aromatic nitrogens is 1. The number of rotatable bonds is 4. The van der Waals surface area contributed by atoms with Crippen molar-refractivity contribution >= 4 is 5.78 Å². The monoisotopic (exact) mass is 247 g/mol. The number of ether oxygens (including phenoxy) is 2. The maximum atomic E-state index is 12.2. The molecule has 1 aromatic carbocycles. The molecule has 0 unspecified atom stereocenters. The van der Waals surface area contributed by atoms with E-state index in [1.807, 2.05) is 0 Å². The van der Waals surface area contributed by atoms with E-state index in [0.29, 0.717) is 23.0 Å². The van der Waals surface area contributed by atoms with Gasteiger partial charge in [0.25, 0.3) is 0 Å². The van der Waals surface area contributed by atoms with E-state index in [2.05, 4.69) is 4.98 Å². The summed E-state index contributed by atoms with van der Waals surface area (Å²) < 4.78 is 15.3. The van der Waals surface area contributed by atoms with Crippen molar-refractivity contribution in [1.82, 2.24) is 4.98 Å². The molecule has 0 atom stereocenters. The molecular weight excluding hydrogens is 234 g/mol. The minimum Gasteiger partial charge on any atom is -0.497 e. The highest BCUT2D eigenvalue weighted by Gasteiger charge is 2.18. The lowest BCUT2D eigenvalue weighted by atomic mass is 10.1. The normalized spacial score (nSPS) is 10.2. The van der Waals surface area contributed by atoms with Gasteiger partial charge in [0.1, 0.15) is 23.5 Å². The van der Waals surface area contributed by atoms with E-state index in [-0.39, 0.29) is 11.5 Å². The third-order valence-corrected chi connectivity index (χ3v) is 2.50. The van der Waals surface area contributed by atoms with Crippen LogP contribution in [0.3, 0.4) is 0 Å². The standard InChI is InChI=1S/C13H13NO4/c1-8-14-11(7-18-8)13(15)10-6-9(16-2)4-5-12(10)17-3/h4-7H,1-3H3. The van der Waals surface area contributed by atoms with Crippen LogP contribution in [0.2, 0.25) is 0 Å². The molecule has 0 aliphatic heterocycles. The molecule has 0 spiro atoms. The zero-order valence-corrected chi connectivity index (χ0v) is 10.4. The first-order chi connectivity index (χ1) is 8.65. The van der Waals surface area contributed by atoms with E-state index in [4.69, 9.17) is 13.9 Å². The van der Waals surface area contributed by atoms with Crippen molar-refractivity contribution in [2.45, 2.75) is 6.92 Å². The molecule has 0 bridgehead atoms. The van der Waals surface area contributed by atoms with Gasteiger partial charge in [-0.2, -0.15) is 0 Å². The predicted octanol–water partition coefficient (Wildman–Crippen LogP) is 2.23. The Labute approximate surface area is 104 Å². The highest BCUT2D eigenvalue weighted by atomic mass is 16.5. The van der Waals surface area contributed by atoms with Crippen molar-refractivity contribution in [1.29, 1.82) is 0 Å². The van der Waals surface area contributed by atoms with Crippen molar-refractivity contribution in [2.24, 2.45) is 0 Å². The second kappa shape index (κ2) is 4.91. The van der Waals surface area contributed by atoms with Gasteiger partial charge in [-0.1, -0.05) is 0 Å². The SMILES string of the molecule is COc1ccc(OC)c(C(=O)c2coc(C)n2)c1. The minimum atomic E-state index is -0.261. The molecule has 0 aliphatic carbocycles. The summed E-state index contributed by atoms with van der Waals surface area (Å²) in [5.74, 6) is 1.24. The summed E-state index contributed by atoms with van der Waals surface area (Å²) >= 11 is 0. The van der Waals surface area contributed by atoms with E-state index in [9.17, 15) is 4.79 Å². The van der Waals surface area contributed by atoms with Crippen LogP contribution < -0.4 is 9.47 Å². The second-order valence-electron chi connectivity index (χ2n) is 3.65. The summed E-state index contributed by atoms with van der Waals surface area (Å²) in [6, 6.07) is 5.02. The van der Waals surface area contributed by atoms with E-state index in [0.717, 1.165) is 0 Å². The molecule has 0 fully saturated rings. The van der Waals surface area contributed by atoms with Crippen LogP contribution in [-0.2, 0) is 0 Å². The Morgan fingerprint density at radius 1 is 1.28 bits per heavy atom. The molecule has 0 amide bonds. The lowest BCUT2D eigenvalue weighted by Crippen LogP contribution is -2.05. The summed E-state index contributed by atoms with van der Waals surface area (Å²) in [4.78, 5) is 16.3. The third kappa shape index (κ3) is 2.20. The van der Waals surface area contributed by atoms with E-state index in [1.165, 1.54) is 20.5 Å². The summed E-state index contributed by atoms with van der Waals surface area (Å²) in [5.41, 5.74) is 0.643. The fraction of sp³-hybridized carbons (Fsp3) is 0.231. The lowest BCUT2D eigenvalue weighted by molar-refractivity contribution is 0.103. The van der Waals surface area contributed by atoms with Crippen LogP contribution in [0, 0.1) is 6.92 Å². The fourth-order valence-corrected chi connectivity index (χ4v) is 1.60. The van der Waals surface area contributed by atoms with Crippen molar-refractivity contribution in [3.05, 3.63) is 41.6 Å². The molecule has 5 nitrogen and oxygen atoms in total. The number of carbonyl (C=O) groups excluding carboxylic acids is 1. The van der Waals surface area contributed by atoms with Crippen molar-refractivity contribution in [2.75, 3.05) is 14.2 Å². The van der Waals surface area contributed by atoms with Crippen LogP contribution in [0.1, 0.15) is 21.9 Å². The minimum absolute atomic E-state index is 0.249. The Bertz CT molecular complexity index is 574. The Morgan fingerprint density at radius 2 is 2.06 bits per heavy atom. The van der Waals surface area contributed by atoms with Gasteiger partial charge in [-0.05, 0) is 18.2 Å². The first-order valence-electron chi connectivity index (χ1n) is 5.34. The maximum Gasteiger partial charge on any atom is 0.218 e. The summed E-state index contributed by atoms with van der Waals surface area (Å²) in [7, 11) is 3.04. The topological polar surface area (TPSA) is 61.6 Å². The number of oxazole rings is 1. The Kier molecular flexibility index (Phi) is 3.32. The van der Waals surface area contributed by atoms with Crippen LogP contribution in [0.5, 0.6) is 11.5 Å². The summed E-state index contributed by atoms with van der Waals surface area (Å²) in [6.45, 7) is 1.68. The molecule has 0 saturated heterocycles. The molecule has 2 aromatic rings. The molecule has 1 aromatic heterocycles. The molecule has 0 saturated carbocycles. The quantitative estimate of drug-likeness (QED) is 0.775. The number of hydrogen-bond donors (Lipinski definition) is 0. The molecule has 0 radical (unpaired) electrons. The van der Waals surface area contributed by atoms with Gasteiger partial charge in [-0.15, -0.1) is 0 Å². The van der Waals surface area contributed by atoms with Gasteiger partial charge < -0.3 is 13.9 Å². The second-order valence-corrected chi connectivity index (χ2v) is 3.65. The van der Waals surface area contributed by atoms with Crippen LogP contribution in [0.4, 0.5) is 0 Å². The number of ketones is 1. The first kappa shape index (κ1) is 12.2. The number of hydrogen-bond acceptors (Lipinski definition) is 5. The molecule has 18 heavy (non-hydrogen) atoms. The van der Waals surface area contributed by atoms with Crippen LogP contribution in [0.25, 0.3) is 0 Å². The lowest BCUT2D eigenvalue weighted by Gasteiger charge is -2.08. The highest BCUT2D eigenvalue weighted by molar-refractivity contribution is 6.09. The summed E-state index contributed by atoms with van der Waals surface area (Å²) in [6.07, 6.45) is 1.33. The van der Waals surface area contributed by atoms with Crippen molar-refractivity contribution < 1.29 is 18.7 Å². The number of carbonyl (C=O) groups is 1. The average molecular weight is 247 g/mol. The summed E-state index contributed by atoms with van der Waals surface area (Å²) in [5, 5.41) is 0. The fourth-order valence-electron chi connectivity index (χ4n) is 1.60. The molecular formula is C13H13NO4. The molecule has 1 heterocycles. The zero-order valence-electron chi connectivity index (χ0n) is 10.4. The van der Waals surface area contributed by atoms with Crippen LogP contribution >= 0.6 is 0 Å². The van der Waals surface area contributed by atoms with Crippen molar-refractivity contribution in [3.8, 4) is 11.5 Å². The van der Waals surface area contributed by atoms with E-state index in [1.54, 1.807) is 25.1 Å². The first-order valence-corrected chi connectivity index (χ1v) is 5.34. The Balaban J connectivity index is 2.45. The average Bonchev–Trinajstić information content (AvgIpc) is 2.83. The highest BCUT2D eigenvalue weighted by Crippen LogP contribution is 2.26. The smallest absolute Gasteiger partial charge is 0.218 e. The van der Waals surface area contributed by atoms with Gasteiger partial charge in [-0.25, -0.2) is 4.98 Å². The third-order valence-electron chi connectivity index (χ3n) is 2.50. The molecule has 0 N–H and O–H groups in total. The maximum absolute atomic E-state index is 12.2. The van der Waals surface area contributed by atoms with Crippen molar-refractivity contribution in [3.63, 3.8) is 0 Å². The zero-order chi connectivity index (χ0) is 13.1. The van der Waals surface area contributed by atoms with E-state index >= 15 is 0 Å². The molecule has 2 rings (SSSR count). The van der Waals surface area contributed by atoms with E-state index < -0.39 is 0 Å². The van der Waals surface area contributed by atoms with Gasteiger partial charge in [0.2, 0.25) is 5.78 Å². The molecule has 94 valence electrons. The number of aryl methyl sites for hydroxylation is 1.